The second-order valence-corrected chi connectivity index (χ2v) is 3.00. The third kappa shape index (κ3) is 2.66. The van der Waals surface area contributed by atoms with Crippen molar-refractivity contribution in [2.45, 2.75) is 6.61 Å². The quantitative estimate of drug-likeness (QED) is 0.771. The third-order valence-corrected chi connectivity index (χ3v) is 2.06. The Labute approximate surface area is 101 Å². The van der Waals surface area contributed by atoms with Crippen molar-refractivity contribution in [3.05, 3.63) is 23.3 Å². The van der Waals surface area contributed by atoms with Crippen molar-refractivity contribution in [3.8, 4) is 17.6 Å². The Bertz CT molecular complexity index is 497. The van der Waals surface area contributed by atoms with E-state index in [1.165, 1.54) is 19.2 Å². The van der Waals surface area contributed by atoms with Crippen LogP contribution in [0.1, 0.15) is 15.9 Å². The molecule has 0 bridgehead atoms. The van der Waals surface area contributed by atoms with Gasteiger partial charge in [0.2, 0.25) is 0 Å². The first-order valence-electron chi connectivity index (χ1n) is 4.69. The van der Waals surface area contributed by atoms with Crippen LogP contribution in [-0.2, 0) is 4.74 Å². The number of hydrogen-bond acceptors (Lipinski definition) is 5. The first-order valence-corrected chi connectivity index (χ1v) is 4.69. The second-order valence-electron chi connectivity index (χ2n) is 3.00. The molecular formula is C11H9F2NO4. The summed E-state index contributed by atoms with van der Waals surface area (Å²) < 4.78 is 38.1. The fourth-order valence-electron chi connectivity index (χ4n) is 1.33. The average Bonchev–Trinajstić information content (AvgIpc) is 2.36. The van der Waals surface area contributed by atoms with E-state index >= 15 is 0 Å². The van der Waals surface area contributed by atoms with Crippen LogP contribution < -0.4 is 9.47 Å². The number of halogens is 2. The maximum atomic E-state index is 12.3. The fraction of sp³-hybridized carbons (Fsp3) is 0.273. The van der Waals surface area contributed by atoms with Gasteiger partial charge in [0, 0.05) is 0 Å². The summed E-state index contributed by atoms with van der Waals surface area (Å²) in [5, 5.41) is 8.84. The van der Waals surface area contributed by atoms with E-state index in [4.69, 9.17) is 10.00 Å². The van der Waals surface area contributed by atoms with E-state index < -0.39 is 18.3 Å². The normalized spacial score (nSPS) is 9.78. The highest BCUT2D eigenvalue weighted by Crippen LogP contribution is 2.35. The number of benzene rings is 1. The lowest BCUT2D eigenvalue weighted by molar-refractivity contribution is -0.0518. The van der Waals surface area contributed by atoms with Crippen molar-refractivity contribution < 1.29 is 27.8 Å². The minimum absolute atomic E-state index is 0.0882. The number of carbonyl (C=O) groups excluding carboxylic acids is 1. The highest BCUT2D eigenvalue weighted by molar-refractivity contribution is 5.96. The van der Waals surface area contributed by atoms with E-state index in [0.29, 0.717) is 0 Å². The lowest BCUT2D eigenvalue weighted by atomic mass is 10.1. The van der Waals surface area contributed by atoms with Crippen molar-refractivity contribution in [1.29, 1.82) is 5.26 Å². The van der Waals surface area contributed by atoms with E-state index in [1.54, 1.807) is 6.07 Å². The number of ether oxygens (including phenoxy) is 3. The van der Waals surface area contributed by atoms with Crippen LogP contribution in [0.2, 0.25) is 0 Å². The Kier molecular flexibility index (Phi) is 4.43. The molecule has 0 aliphatic carbocycles. The van der Waals surface area contributed by atoms with E-state index in [2.05, 4.69) is 9.47 Å². The molecule has 0 fully saturated rings. The molecule has 0 saturated carbocycles. The molecule has 0 unspecified atom stereocenters. The average molecular weight is 257 g/mol. The van der Waals surface area contributed by atoms with Gasteiger partial charge >= 0.3 is 12.6 Å². The number of nitrogens with zero attached hydrogens (tertiary/aromatic N) is 1. The summed E-state index contributed by atoms with van der Waals surface area (Å²) >= 11 is 0. The van der Waals surface area contributed by atoms with Crippen LogP contribution in [0.3, 0.4) is 0 Å². The van der Waals surface area contributed by atoms with Crippen LogP contribution >= 0.6 is 0 Å². The Morgan fingerprint density at radius 3 is 2.50 bits per heavy atom. The maximum absolute atomic E-state index is 12.3. The van der Waals surface area contributed by atoms with Gasteiger partial charge in [-0.15, -0.1) is 0 Å². The number of hydrogen-bond donors (Lipinski definition) is 0. The van der Waals surface area contributed by atoms with Crippen LogP contribution in [0.4, 0.5) is 8.78 Å². The Balaban J connectivity index is 3.48. The summed E-state index contributed by atoms with van der Waals surface area (Å²) in [4.78, 5) is 11.5. The van der Waals surface area contributed by atoms with Gasteiger partial charge in [-0.2, -0.15) is 14.0 Å². The minimum atomic E-state index is -3.16. The fourth-order valence-corrected chi connectivity index (χ4v) is 1.33. The van der Waals surface area contributed by atoms with Gasteiger partial charge in [0.1, 0.15) is 11.6 Å². The molecule has 18 heavy (non-hydrogen) atoms. The van der Waals surface area contributed by atoms with Gasteiger partial charge in [-0.1, -0.05) is 0 Å². The highest BCUT2D eigenvalue weighted by Gasteiger charge is 2.24. The van der Waals surface area contributed by atoms with Crippen molar-refractivity contribution in [2.24, 2.45) is 0 Å². The lowest BCUT2D eigenvalue weighted by Crippen LogP contribution is -2.12. The van der Waals surface area contributed by atoms with Crippen LogP contribution in [0.25, 0.3) is 0 Å². The molecule has 0 spiro atoms. The number of alkyl halides is 2. The standard InChI is InChI=1S/C11H9F2NO4/c1-16-7-4-3-6(5-14)8(10(15)17-2)9(7)18-11(12)13/h3-4,11H,1-2H3. The Morgan fingerprint density at radius 2 is 2.06 bits per heavy atom. The molecule has 0 aliphatic rings. The van der Waals surface area contributed by atoms with Crippen LogP contribution in [0, 0.1) is 11.3 Å². The van der Waals surface area contributed by atoms with Gasteiger partial charge in [-0.3, -0.25) is 0 Å². The Hall–Kier alpha value is -2.36. The molecule has 0 aliphatic heterocycles. The van der Waals surface area contributed by atoms with Gasteiger partial charge < -0.3 is 14.2 Å². The smallest absolute Gasteiger partial charge is 0.387 e. The second kappa shape index (κ2) is 5.82. The molecule has 5 nitrogen and oxygen atoms in total. The van der Waals surface area contributed by atoms with Gasteiger partial charge in [-0.05, 0) is 12.1 Å². The topological polar surface area (TPSA) is 68.6 Å². The van der Waals surface area contributed by atoms with Gasteiger partial charge in [0.05, 0.1) is 19.8 Å². The van der Waals surface area contributed by atoms with Crippen molar-refractivity contribution in [1.82, 2.24) is 0 Å². The van der Waals surface area contributed by atoms with Crippen LogP contribution in [0.5, 0.6) is 11.5 Å². The van der Waals surface area contributed by atoms with Crippen molar-refractivity contribution in [2.75, 3.05) is 14.2 Å². The predicted octanol–water partition coefficient (Wildman–Crippen LogP) is 1.95. The molecule has 0 amide bonds. The zero-order valence-electron chi connectivity index (χ0n) is 9.57. The molecule has 0 radical (unpaired) electrons. The molecule has 0 saturated heterocycles. The molecule has 7 heteroatoms. The third-order valence-electron chi connectivity index (χ3n) is 2.06. The molecule has 0 aromatic heterocycles. The number of nitriles is 1. The molecule has 96 valence electrons. The van der Waals surface area contributed by atoms with Crippen molar-refractivity contribution in [3.63, 3.8) is 0 Å². The van der Waals surface area contributed by atoms with Gasteiger partial charge in [0.25, 0.3) is 0 Å². The summed E-state index contributed by atoms with van der Waals surface area (Å²) in [6, 6.07) is 4.20. The van der Waals surface area contributed by atoms with Gasteiger partial charge in [-0.25, -0.2) is 4.79 Å². The van der Waals surface area contributed by atoms with Gasteiger partial charge in [0.15, 0.2) is 11.5 Å². The highest BCUT2D eigenvalue weighted by atomic mass is 19.3. The van der Waals surface area contributed by atoms with Crippen molar-refractivity contribution >= 4 is 5.97 Å². The van der Waals surface area contributed by atoms with Crippen LogP contribution in [-0.4, -0.2) is 26.8 Å². The first kappa shape index (κ1) is 13.7. The van der Waals surface area contributed by atoms with E-state index in [9.17, 15) is 13.6 Å². The molecule has 0 N–H and O–H groups in total. The molecule has 0 heterocycles. The number of rotatable bonds is 4. The number of carbonyl (C=O) groups is 1. The number of methoxy groups -OCH3 is 2. The summed E-state index contributed by atoms with van der Waals surface area (Å²) in [6.45, 7) is -3.16. The number of esters is 1. The SMILES string of the molecule is COC(=O)c1c(C#N)ccc(OC)c1OC(F)F. The molecule has 1 aromatic rings. The van der Waals surface area contributed by atoms with E-state index in [0.717, 1.165) is 7.11 Å². The van der Waals surface area contributed by atoms with Crippen LogP contribution in [0.15, 0.2) is 12.1 Å². The van der Waals surface area contributed by atoms with E-state index in [1.807, 2.05) is 0 Å². The zero-order chi connectivity index (χ0) is 13.7. The minimum Gasteiger partial charge on any atom is -0.493 e. The Morgan fingerprint density at radius 1 is 1.39 bits per heavy atom. The lowest BCUT2D eigenvalue weighted by Gasteiger charge is -2.14. The monoisotopic (exact) mass is 257 g/mol. The largest absolute Gasteiger partial charge is 0.493 e. The summed E-state index contributed by atoms with van der Waals surface area (Å²) in [5.41, 5.74) is -0.530. The molecule has 0 atom stereocenters. The maximum Gasteiger partial charge on any atom is 0.387 e. The molecular weight excluding hydrogens is 248 g/mol. The van der Waals surface area contributed by atoms with E-state index in [-0.39, 0.29) is 16.9 Å². The summed E-state index contributed by atoms with van der Waals surface area (Å²) in [6.07, 6.45) is 0. The molecule has 1 aromatic carbocycles. The molecule has 1 rings (SSSR count). The summed E-state index contributed by atoms with van der Waals surface area (Å²) in [5.74, 6) is -1.56. The first-order chi connectivity index (χ1) is 8.54. The zero-order valence-corrected chi connectivity index (χ0v) is 9.57. The predicted molar refractivity (Wildman–Crippen MR) is 55.7 cm³/mol. The summed E-state index contributed by atoms with van der Waals surface area (Å²) in [7, 11) is 2.29.